The molecule has 0 aromatic heterocycles. The van der Waals surface area contributed by atoms with Crippen molar-refractivity contribution in [1.82, 2.24) is 4.90 Å². The van der Waals surface area contributed by atoms with Gasteiger partial charge in [0.2, 0.25) is 5.91 Å². The van der Waals surface area contributed by atoms with Crippen molar-refractivity contribution in [2.75, 3.05) is 13.1 Å². The average molecular weight is 228 g/mol. The van der Waals surface area contributed by atoms with Gasteiger partial charge in [0.25, 0.3) is 0 Å². The SMILES string of the molecule is CC(C)C1(O)CN(C(=O)[C@@H](N)C(C)(C)C)C1. The largest absolute Gasteiger partial charge is 0.386 e. The summed E-state index contributed by atoms with van der Waals surface area (Å²) in [5.41, 5.74) is 4.95. The van der Waals surface area contributed by atoms with Gasteiger partial charge in [0.1, 0.15) is 5.60 Å². The summed E-state index contributed by atoms with van der Waals surface area (Å²) in [5, 5.41) is 10.1. The zero-order valence-corrected chi connectivity index (χ0v) is 10.9. The Morgan fingerprint density at radius 3 is 2.12 bits per heavy atom. The quantitative estimate of drug-likeness (QED) is 0.727. The van der Waals surface area contributed by atoms with Crippen LogP contribution in [-0.4, -0.2) is 40.6 Å². The number of carbonyl (C=O) groups excluding carboxylic acids is 1. The lowest BCUT2D eigenvalue weighted by Crippen LogP contribution is -2.69. The van der Waals surface area contributed by atoms with Gasteiger partial charge in [-0.25, -0.2) is 0 Å². The molecule has 1 aliphatic rings. The summed E-state index contributed by atoms with van der Waals surface area (Å²) in [7, 11) is 0. The second-order valence-corrected chi connectivity index (χ2v) is 6.30. The Kier molecular flexibility index (Phi) is 3.37. The normalized spacial score (nSPS) is 21.9. The van der Waals surface area contributed by atoms with Crippen LogP contribution in [-0.2, 0) is 4.79 Å². The van der Waals surface area contributed by atoms with Crippen molar-refractivity contribution >= 4 is 5.91 Å². The van der Waals surface area contributed by atoms with E-state index in [0.29, 0.717) is 13.1 Å². The minimum Gasteiger partial charge on any atom is -0.386 e. The molecule has 4 heteroatoms. The molecular weight excluding hydrogens is 204 g/mol. The molecule has 1 atom stereocenters. The summed E-state index contributed by atoms with van der Waals surface area (Å²) in [6, 6.07) is -0.496. The number of hydrogen-bond acceptors (Lipinski definition) is 3. The van der Waals surface area contributed by atoms with Crippen LogP contribution in [0.15, 0.2) is 0 Å². The van der Waals surface area contributed by atoms with Crippen molar-refractivity contribution in [3.63, 3.8) is 0 Å². The van der Waals surface area contributed by atoms with Gasteiger partial charge in [0, 0.05) is 0 Å². The number of β-amino-alcohol motifs (C(OH)–C–C–N with tert-alkyl or cyclic N) is 1. The van der Waals surface area contributed by atoms with E-state index in [1.165, 1.54) is 0 Å². The first-order valence-corrected chi connectivity index (χ1v) is 5.84. The molecule has 4 nitrogen and oxygen atoms in total. The summed E-state index contributed by atoms with van der Waals surface area (Å²) in [6.07, 6.45) is 0. The highest BCUT2D eigenvalue weighted by Gasteiger charge is 2.47. The van der Waals surface area contributed by atoms with Crippen LogP contribution in [0.2, 0.25) is 0 Å². The number of carbonyl (C=O) groups is 1. The topological polar surface area (TPSA) is 66.6 Å². The van der Waals surface area contributed by atoms with Crippen molar-refractivity contribution in [3.8, 4) is 0 Å². The standard InChI is InChI=1S/C12H24N2O2/c1-8(2)12(16)6-14(7-12)10(15)9(13)11(3,4)5/h8-9,16H,6-7,13H2,1-5H3/t9-/m1/s1. The van der Waals surface area contributed by atoms with Gasteiger partial charge < -0.3 is 15.7 Å². The first-order valence-electron chi connectivity index (χ1n) is 5.84. The highest BCUT2D eigenvalue weighted by molar-refractivity contribution is 5.83. The van der Waals surface area contributed by atoms with Crippen molar-refractivity contribution in [2.24, 2.45) is 17.1 Å². The van der Waals surface area contributed by atoms with Crippen LogP contribution in [0.3, 0.4) is 0 Å². The third kappa shape index (κ3) is 2.38. The molecule has 0 radical (unpaired) electrons. The summed E-state index contributed by atoms with van der Waals surface area (Å²) in [5.74, 6) is 0.111. The number of likely N-dealkylation sites (tertiary alicyclic amines) is 1. The van der Waals surface area contributed by atoms with Gasteiger partial charge in [-0.3, -0.25) is 4.79 Å². The van der Waals surface area contributed by atoms with Gasteiger partial charge in [0.15, 0.2) is 0 Å². The first kappa shape index (κ1) is 13.5. The predicted molar refractivity (Wildman–Crippen MR) is 63.8 cm³/mol. The molecule has 94 valence electrons. The number of nitrogens with two attached hydrogens (primary N) is 1. The number of nitrogens with zero attached hydrogens (tertiary/aromatic N) is 1. The lowest BCUT2D eigenvalue weighted by Gasteiger charge is -2.50. The maximum Gasteiger partial charge on any atom is 0.240 e. The number of hydrogen-bond donors (Lipinski definition) is 2. The molecule has 1 fully saturated rings. The van der Waals surface area contributed by atoms with Crippen molar-refractivity contribution in [2.45, 2.75) is 46.3 Å². The molecule has 0 bridgehead atoms. The van der Waals surface area contributed by atoms with Crippen LogP contribution in [0, 0.1) is 11.3 Å². The molecule has 3 N–H and O–H groups in total. The van der Waals surface area contributed by atoms with Crippen LogP contribution >= 0.6 is 0 Å². The number of amides is 1. The maximum absolute atomic E-state index is 12.0. The van der Waals surface area contributed by atoms with Crippen LogP contribution in [0.4, 0.5) is 0 Å². The van der Waals surface area contributed by atoms with E-state index in [4.69, 9.17) is 5.73 Å². The second kappa shape index (κ2) is 4.00. The molecule has 0 aromatic rings. The van der Waals surface area contributed by atoms with Gasteiger partial charge in [-0.05, 0) is 11.3 Å². The molecule has 0 saturated carbocycles. The van der Waals surface area contributed by atoms with Crippen molar-refractivity contribution in [3.05, 3.63) is 0 Å². The van der Waals surface area contributed by atoms with Gasteiger partial charge in [-0.2, -0.15) is 0 Å². The zero-order chi connectivity index (χ0) is 12.7. The highest BCUT2D eigenvalue weighted by atomic mass is 16.3. The Morgan fingerprint density at radius 2 is 1.81 bits per heavy atom. The zero-order valence-electron chi connectivity index (χ0n) is 10.9. The molecule has 0 spiro atoms. The van der Waals surface area contributed by atoms with E-state index in [2.05, 4.69) is 0 Å². The molecule has 0 aromatic carbocycles. The number of aliphatic hydroxyl groups is 1. The van der Waals surface area contributed by atoms with Gasteiger partial charge in [0.05, 0.1) is 19.1 Å². The number of rotatable bonds is 2. The Bertz CT molecular complexity index is 275. The fraction of sp³-hybridized carbons (Fsp3) is 0.917. The Balaban J connectivity index is 2.56. The molecule has 1 aliphatic heterocycles. The van der Waals surface area contributed by atoms with Crippen molar-refractivity contribution < 1.29 is 9.90 Å². The molecule has 0 aliphatic carbocycles. The summed E-state index contributed by atoms with van der Waals surface area (Å²) in [6.45, 7) is 10.6. The highest BCUT2D eigenvalue weighted by Crippen LogP contribution is 2.30. The summed E-state index contributed by atoms with van der Waals surface area (Å²) < 4.78 is 0. The van der Waals surface area contributed by atoms with E-state index in [9.17, 15) is 9.90 Å². The van der Waals surface area contributed by atoms with Crippen LogP contribution in [0.25, 0.3) is 0 Å². The molecule has 0 unspecified atom stereocenters. The van der Waals surface area contributed by atoms with Crippen LogP contribution in [0.5, 0.6) is 0 Å². The smallest absolute Gasteiger partial charge is 0.240 e. The fourth-order valence-corrected chi connectivity index (χ4v) is 1.70. The third-order valence-electron chi connectivity index (χ3n) is 3.51. The first-order chi connectivity index (χ1) is 7.08. The molecular formula is C12H24N2O2. The second-order valence-electron chi connectivity index (χ2n) is 6.30. The van der Waals surface area contributed by atoms with E-state index >= 15 is 0 Å². The van der Waals surface area contributed by atoms with Crippen molar-refractivity contribution in [1.29, 1.82) is 0 Å². The third-order valence-corrected chi connectivity index (χ3v) is 3.51. The van der Waals surface area contributed by atoms with Crippen LogP contribution < -0.4 is 5.73 Å². The average Bonchev–Trinajstić information content (AvgIpc) is 2.08. The maximum atomic E-state index is 12.0. The fourth-order valence-electron chi connectivity index (χ4n) is 1.70. The van der Waals surface area contributed by atoms with E-state index in [0.717, 1.165) is 0 Å². The van der Waals surface area contributed by atoms with Gasteiger partial charge in [-0.15, -0.1) is 0 Å². The minimum absolute atomic E-state index is 0.0576. The molecule has 1 heterocycles. The predicted octanol–water partition coefficient (Wildman–Crippen LogP) is 0.589. The Morgan fingerprint density at radius 1 is 1.38 bits per heavy atom. The molecule has 1 amide bonds. The van der Waals surface area contributed by atoms with E-state index in [1.807, 2.05) is 34.6 Å². The van der Waals surface area contributed by atoms with Crippen LogP contribution in [0.1, 0.15) is 34.6 Å². The Labute approximate surface area is 97.8 Å². The lowest BCUT2D eigenvalue weighted by atomic mass is 9.80. The summed E-state index contributed by atoms with van der Waals surface area (Å²) in [4.78, 5) is 13.6. The van der Waals surface area contributed by atoms with E-state index in [-0.39, 0.29) is 17.2 Å². The molecule has 16 heavy (non-hydrogen) atoms. The van der Waals surface area contributed by atoms with E-state index in [1.54, 1.807) is 4.90 Å². The summed E-state index contributed by atoms with van der Waals surface area (Å²) >= 11 is 0. The lowest BCUT2D eigenvalue weighted by molar-refractivity contribution is -0.167. The molecule has 1 saturated heterocycles. The molecule has 1 rings (SSSR count). The monoisotopic (exact) mass is 228 g/mol. The minimum atomic E-state index is -0.715. The van der Waals surface area contributed by atoms with Gasteiger partial charge >= 0.3 is 0 Å². The van der Waals surface area contributed by atoms with E-state index < -0.39 is 11.6 Å². The Hall–Kier alpha value is -0.610. The van der Waals surface area contributed by atoms with Gasteiger partial charge in [-0.1, -0.05) is 34.6 Å².